The van der Waals surface area contributed by atoms with Gasteiger partial charge in [0, 0.05) is 29.8 Å². The molecule has 204 valence electrons. The molecule has 0 unspecified atom stereocenters. The Morgan fingerprint density at radius 1 is 1.05 bits per heavy atom. The van der Waals surface area contributed by atoms with Crippen LogP contribution in [0.4, 0.5) is 26.3 Å². The van der Waals surface area contributed by atoms with Crippen LogP contribution in [0.15, 0.2) is 30.6 Å². The first kappa shape index (κ1) is 25.7. The summed E-state index contributed by atoms with van der Waals surface area (Å²) in [4.78, 5) is 17.2. The van der Waals surface area contributed by atoms with Gasteiger partial charge in [-0.25, -0.2) is 33.1 Å². The summed E-state index contributed by atoms with van der Waals surface area (Å²) < 4.78 is 89.7. The van der Waals surface area contributed by atoms with Gasteiger partial charge in [-0.3, -0.25) is 4.68 Å². The van der Waals surface area contributed by atoms with E-state index in [1.54, 1.807) is 6.20 Å². The van der Waals surface area contributed by atoms with Crippen molar-refractivity contribution in [3.63, 3.8) is 0 Å². The number of nitrogens with zero attached hydrogens (tertiary/aromatic N) is 6. The van der Waals surface area contributed by atoms with Crippen LogP contribution in [0, 0.1) is 12.7 Å². The monoisotopic (exact) mass is 548 g/mol. The van der Waals surface area contributed by atoms with E-state index >= 15 is 4.39 Å². The molecule has 4 heterocycles. The van der Waals surface area contributed by atoms with Crippen LogP contribution in [-0.4, -0.2) is 36.3 Å². The molecule has 1 aliphatic carbocycles. The summed E-state index contributed by atoms with van der Waals surface area (Å²) in [6, 6.07) is 2.39. The maximum atomic E-state index is 15.1. The van der Waals surface area contributed by atoms with Crippen LogP contribution < -0.4 is 0 Å². The Bertz CT molecular complexity index is 1550. The number of rotatable bonds is 5. The molecular weight excluding hydrogens is 526 g/mol. The predicted molar refractivity (Wildman–Crippen MR) is 126 cm³/mol. The van der Waals surface area contributed by atoms with E-state index in [1.807, 2.05) is 10.9 Å². The average Bonchev–Trinajstić information content (AvgIpc) is 3.63. The second-order valence-corrected chi connectivity index (χ2v) is 9.86. The lowest BCUT2D eigenvalue weighted by molar-refractivity contribution is -0.137. The molecule has 0 radical (unpaired) electrons. The van der Waals surface area contributed by atoms with E-state index in [4.69, 9.17) is 4.74 Å². The molecule has 0 amide bonds. The predicted octanol–water partition coefficient (Wildman–Crippen LogP) is 6.66. The molecule has 1 aromatic carbocycles. The largest absolute Gasteiger partial charge is 0.416 e. The molecule has 0 spiro atoms. The summed E-state index contributed by atoms with van der Waals surface area (Å²) in [6.45, 7) is 1.74. The molecule has 3 aromatic heterocycles. The number of halogens is 6. The molecule has 0 N–H and O–H groups in total. The lowest BCUT2D eigenvalue weighted by atomic mass is 9.92. The molecule has 7 nitrogen and oxygen atoms in total. The molecule has 6 rings (SSSR count). The van der Waals surface area contributed by atoms with Gasteiger partial charge in [0.1, 0.15) is 28.5 Å². The molecule has 13 heteroatoms. The highest BCUT2D eigenvalue weighted by Gasteiger charge is 2.33. The first-order valence-corrected chi connectivity index (χ1v) is 12.5. The van der Waals surface area contributed by atoms with Gasteiger partial charge in [-0.1, -0.05) is 0 Å². The number of aryl methyl sites for hydroxylation is 1. The van der Waals surface area contributed by atoms with Crippen molar-refractivity contribution < 1.29 is 31.1 Å². The Hall–Kier alpha value is -3.61. The Labute approximate surface area is 218 Å². The van der Waals surface area contributed by atoms with Crippen molar-refractivity contribution in [2.24, 2.45) is 0 Å². The second kappa shape index (κ2) is 9.54. The highest BCUT2D eigenvalue weighted by molar-refractivity contribution is 5.87. The number of benzene rings is 1. The van der Waals surface area contributed by atoms with E-state index in [0.717, 1.165) is 24.5 Å². The van der Waals surface area contributed by atoms with Crippen LogP contribution >= 0.6 is 0 Å². The van der Waals surface area contributed by atoms with Gasteiger partial charge in [0.05, 0.1) is 29.6 Å². The molecular formula is C26H22F6N6O. The normalized spacial score (nSPS) is 20.2. The van der Waals surface area contributed by atoms with Crippen molar-refractivity contribution in [3.05, 3.63) is 64.7 Å². The van der Waals surface area contributed by atoms with Gasteiger partial charge in [-0.15, -0.1) is 0 Å². The van der Waals surface area contributed by atoms with Gasteiger partial charge in [-0.05, 0) is 50.8 Å². The molecule has 1 aliphatic heterocycles. The topological polar surface area (TPSA) is 78.6 Å². The molecule has 2 atom stereocenters. The number of hydrogen-bond acceptors (Lipinski definition) is 6. The van der Waals surface area contributed by atoms with E-state index in [-0.39, 0.29) is 46.0 Å². The number of fused-ring (bicyclic) bond motifs is 1. The van der Waals surface area contributed by atoms with Crippen molar-refractivity contribution in [2.75, 3.05) is 6.61 Å². The molecule has 4 aromatic rings. The van der Waals surface area contributed by atoms with Gasteiger partial charge >= 0.3 is 6.18 Å². The summed E-state index contributed by atoms with van der Waals surface area (Å²) >= 11 is 0. The fraction of sp³-hybridized carbons (Fsp3) is 0.423. The molecule has 0 bridgehead atoms. The fourth-order valence-corrected chi connectivity index (χ4v) is 4.84. The smallest absolute Gasteiger partial charge is 0.373 e. The van der Waals surface area contributed by atoms with Gasteiger partial charge in [0.25, 0.3) is 6.43 Å². The average molecular weight is 548 g/mol. The van der Waals surface area contributed by atoms with E-state index in [2.05, 4.69) is 25.0 Å². The third kappa shape index (κ3) is 4.95. The minimum atomic E-state index is -4.76. The maximum Gasteiger partial charge on any atom is 0.416 e. The number of hydrogen-bond donors (Lipinski definition) is 0. The first-order chi connectivity index (χ1) is 18.6. The summed E-state index contributed by atoms with van der Waals surface area (Å²) in [5.74, 6) is -1.22. The lowest BCUT2D eigenvalue weighted by Gasteiger charge is -2.28. The number of aromatic nitrogens is 6. The van der Waals surface area contributed by atoms with E-state index in [9.17, 15) is 22.0 Å². The standard InChI is InChI=1S/C26H22F6N6O/c1-12-20(23(28)29)35-22-21(17-5-2-15(9-18(17)27)26(30,31)32)36-24(37-25(22)34-12)13-6-7-39-19(8-13)14-10-33-38(11-14)16-3-4-16/h2,5,9-11,13,16,19,23H,3-4,6-8H2,1H3/t13-,19-/m1/s1. The Balaban J connectivity index is 1.44. The molecule has 1 saturated carbocycles. The zero-order chi connectivity index (χ0) is 27.5. The van der Waals surface area contributed by atoms with Crippen molar-refractivity contribution in [1.82, 2.24) is 29.7 Å². The number of ether oxygens (including phenoxy) is 1. The highest BCUT2D eigenvalue weighted by atomic mass is 19.4. The van der Waals surface area contributed by atoms with Gasteiger partial charge < -0.3 is 4.74 Å². The Kier molecular flexibility index (Phi) is 6.28. The minimum absolute atomic E-state index is 0.0409. The third-order valence-electron chi connectivity index (χ3n) is 7.08. The van der Waals surface area contributed by atoms with Crippen molar-refractivity contribution in [3.8, 4) is 11.3 Å². The maximum absolute atomic E-state index is 15.1. The fourth-order valence-electron chi connectivity index (χ4n) is 4.84. The van der Waals surface area contributed by atoms with E-state index in [1.165, 1.54) is 6.92 Å². The zero-order valence-electron chi connectivity index (χ0n) is 20.6. The van der Waals surface area contributed by atoms with Crippen LogP contribution in [-0.2, 0) is 10.9 Å². The Morgan fingerprint density at radius 2 is 1.85 bits per heavy atom. The highest BCUT2D eigenvalue weighted by Crippen LogP contribution is 2.40. The SMILES string of the molecule is Cc1nc2nc([C@@H]3CCO[C@@H](c4cnn(C5CC5)c4)C3)nc(-c3ccc(C(F)(F)F)cc3F)c2nc1C(F)F. The van der Waals surface area contributed by atoms with Crippen molar-refractivity contribution in [1.29, 1.82) is 0 Å². The van der Waals surface area contributed by atoms with Crippen LogP contribution in [0.2, 0.25) is 0 Å². The summed E-state index contributed by atoms with van der Waals surface area (Å²) in [7, 11) is 0. The molecule has 2 fully saturated rings. The van der Waals surface area contributed by atoms with Gasteiger partial charge in [-0.2, -0.15) is 18.3 Å². The lowest BCUT2D eigenvalue weighted by Crippen LogP contribution is -2.20. The van der Waals surface area contributed by atoms with Crippen LogP contribution in [0.25, 0.3) is 22.4 Å². The summed E-state index contributed by atoms with van der Waals surface area (Å²) in [6.07, 6.45) is -1.16. The van der Waals surface area contributed by atoms with Gasteiger partial charge in [0.2, 0.25) is 0 Å². The van der Waals surface area contributed by atoms with Gasteiger partial charge in [0.15, 0.2) is 5.65 Å². The molecule has 2 aliphatic rings. The quantitative estimate of drug-likeness (QED) is 0.260. The second-order valence-electron chi connectivity index (χ2n) is 9.86. The van der Waals surface area contributed by atoms with E-state index in [0.29, 0.717) is 37.6 Å². The zero-order valence-corrected chi connectivity index (χ0v) is 20.6. The summed E-state index contributed by atoms with van der Waals surface area (Å²) in [5, 5.41) is 4.42. The molecule has 1 saturated heterocycles. The Morgan fingerprint density at radius 3 is 2.54 bits per heavy atom. The first-order valence-electron chi connectivity index (χ1n) is 12.5. The van der Waals surface area contributed by atoms with E-state index < -0.39 is 29.7 Å². The number of alkyl halides is 5. The van der Waals surface area contributed by atoms with Crippen molar-refractivity contribution in [2.45, 2.75) is 63.3 Å². The van der Waals surface area contributed by atoms with Crippen LogP contribution in [0.3, 0.4) is 0 Å². The molecule has 39 heavy (non-hydrogen) atoms. The van der Waals surface area contributed by atoms with Crippen LogP contribution in [0.1, 0.15) is 78.5 Å². The summed E-state index contributed by atoms with van der Waals surface area (Å²) in [5.41, 5.74) is -1.74. The third-order valence-corrected chi connectivity index (χ3v) is 7.08. The van der Waals surface area contributed by atoms with Crippen LogP contribution in [0.5, 0.6) is 0 Å². The van der Waals surface area contributed by atoms with Crippen molar-refractivity contribution >= 4 is 11.2 Å². The minimum Gasteiger partial charge on any atom is -0.373 e.